The molecule has 0 rings (SSSR count). The van der Waals surface area contributed by atoms with Crippen molar-refractivity contribution >= 4 is 6.21 Å². The molecule has 0 aliphatic rings. The van der Waals surface area contributed by atoms with Crippen LogP contribution in [0.2, 0.25) is 0 Å². The molecule has 0 aliphatic carbocycles. The van der Waals surface area contributed by atoms with Crippen LogP contribution in [-0.2, 0) is 20.1 Å². The zero-order valence-corrected chi connectivity index (χ0v) is 4.91. The summed E-state index contributed by atoms with van der Waals surface area (Å²) in [6.45, 7) is 4.60. The largest absolute Gasteiger partial charge is 0.911 e. The molecule has 0 aromatic heterocycles. The third kappa shape index (κ3) is 15.3. The van der Waals surface area contributed by atoms with Crippen LogP contribution in [0.25, 0.3) is 5.41 Å². The first-order valence-corrected chi connectivity index (χ1v) is 0.925. The summed E-state index contributed by atoms with van der Waals surface area (Å²) >= 11 is 0. The van der Waals surface area contributed by atoms with Crippen LogP contribution in [0.15, 0.2) is 6.08 Å². The fraction of sp³-hybridized carbons (Fsp3) is 0. The Hall–Kier alpha value is 0.0594. The van der Waals surface area contributed by atoms with Gasteiger partial charge in [-0.25, -0.2) is 0 Å². The topological polar surface area (TPSA) is 22.3 Å². The fourth-order valence-electron chi connectivity index (χ4n) is 0. The van der Waals surface area contributed by atoms with Gasteiger partial charge in [0.2, 0.25) is 0 Å². The average molecular weight is 245 g/mol. The fourth-order valence-corrected chi connectivity index (χ4v) is 0. The third-order valence-electron chi connectivity index (χ3n) is 0.0861. The van der Waals surface area contributed by atoms with Crippen molar-refractivity contribution in [2.75, 3.05) is 0 Å². The minimum atomic E-state index is 0. The van der Waals surface area contributed by atoms with Crippen LogP contribution in [0.4, 0.5) is 0 Å². The Morgan fingerprint density at radius 1 is 1.60 bits per heavy atom. The Balaban J connectivity index is 0. The second-order valence-electron chi connectivity index (χ2n) is 0.342. The average Bonchev–Trinajstić information content (AvgIpc) is 1.37. The van der Waals surface area contributed by atoms with E-state index >= 15 is 0 Å². The van der Waals surface area contributed by atoms with Crippen molar-refractivity contribution in [1.29, 1.82) is 0 Å². The SMILES string of the molecule is [CH-]=CC=[N-].[Ir]. The molecule has 0 aliphatic heterocycles. The molecule has 0 bridgehead atoms. The molecule has 0 heterocycles. The maximum Gasteiger partial charge on any atom is 0 e. The molecule has 0 saturated heterocycles. The molecule has 0 aromatic rings. The van der Waals surface area contributed by atoms with Crippen LogP contribution in [0.1, 0.15) is 0 Å². The molecule has 5 heavy (non-hydrogen) atoms. The minimum Gasteiger partial charge on any atom is -0.911 e. The van der Waals surface area contributed by atoms with Crippen LogP contribution in [-0.4, -0.2) is 6.21 Å². The number of hydrogen-bond donors (Lipinski definition) is 0. The third-order valence-corrected chi connectivity index (χ3v) is 0.0861. The van der Waals surface area contributed by atoms with Crippen LogP contribution >= 0.6 is 0 Å². The molecule has 0 unspecified atom stereocenters. The summed E-state index contributed by atoms with van der Waals surface area (Å²) in [5.41, 5.74) is 0. The minimum absolute atomic E-state index is 0. The standard InChI is InChI=1S/C3H3N.Ir/c1-2-3-4;/h1-3H;/q-2;. The monoisotopic (exact) mass is 246 g/mol. The van der Waals surface area contributed by atoms with Crippen molar-refractivity contribution in [2.24, 2.45) is 0 Å². The molecular formula is C3H3IrN-2. The van der Waals surface area contributed by atoms with Crippen LogP contribution in [0.3, 0.4) is 0 Å². The van der Waals surface area contributed by atoms with E-state index in [2.05, 4.69) is 6.58 Å². The van der Waals surface area contributed by atoms with Crippen molar-refractivity contribution in [3.8, 4) is 0 Å². The van der Waals surface area contributed by atoms with Gasteiger partial charge in [0.25, 0.3) is 0 Å². The van der Waals surface area contributed by atoms with Gasteiger partial charge in [-0.15, -0.1) is 0 Å². The van der Waals surface area contributed by atoms with Crippen molar-refractivity contribution in [2.45, 2.75) is 0 Å². The molecule has 0 N–H and O–H groups in total. The van der Waals surface area contributed by atoms with E-state index in [1.165, 1.54) is 0 Å². The smallest absolute Gasteiger partial charge is 0 e. The Kier molecular flexibility index (Phi) is 16.0. The summed E-state index contributed by atoms with van der Waals surface area (Å²) in [7, 11) is 0. The van der Waals surface area contributed by atoms with Gasteiger partial charge in [0.15, 0.2) is 0 Å². The molecule has 1 nitrogen and oxygen atoms in total. The number of rotatable bonds is 1. The van der Waals surface area contributed by atoms with E-state index in [4.69, 9.17) is 5.41 Å². The predicted octanol–water partition coefficient (Wildman–Crippen LogP) is 0.613. The van der Waals surface area contributed by atoms with E-state index in [1.807, 2.05) is 0 Å². The summed E-state index contributed by atoms with van der Waals surface area (Å²) < 4.78 is 0. The van der Waals surface area contributed by atoms with Gasteiger partial charge in [0.1, 0.15) is 0 Å². The normalized spacial score (nSPS) is 4.00. The second kappa shape index (κ2) is 8.96. The summed E-state index contributed by atoms with van der Waals surface area (Å²) in [4.78, 5) is 0. The van der Waals surface area contributed by atoms with Gasteiger partial charge >= 0.3 is 0 Å². The number of allylic oxidation sites excluding steroid dienone is 1. The molecule has 2 heteroatoms. The van der Waals surface area contributed by atoms with Gasteiger partial charge in [-0.3, -0.25) is 12.7 Å². The quantitative estimate of drug-likeness (QED) is 0.477. The van der Waals surface area contributed by atoms with Crippen molar-refractivity contribution in [1.82, 2.24) is 0 Å². The molecule has 0 fully saturated rings. The Labute approximate surface area is 44.9 Å². The first kappa shape index (κ1) is 8.91. The zero-order valence-electron chi connectivity index (χ0n) is 2.51. The van der Waals surface area contributed by atoms with Gasteiger partial charge in [0, 0.05) is 20.1 Å². The molecular weight excluding hydrogens is 242 g/mol. The predicted molar refractivity (Wildman–Crippen MR) is 18.3 cm³/mol. The first-order chi connectivity index (χ1) is 1.91. The number of nitrogens with zero attached hydrogens (tertiary/aromatic N) is 1. The molecule has 0 saturated carbocycles. The second-order valence-corrected chi connectivity index (χ2v) is 0.342. The van der Waals surface area contributed by atoms with Gasteiger partial charge in [-0.2, -0.15) is 0 Å². The molecule has 0 amide bonds. The Morgan fingerprint density at radius 3 is 1.80 bits per heavy atom. The van der Waals surface area contributed by atoms with Gasteiger partial charge in [-0.1, -0.05) is 0 Å². The van der Waals surface area contributed by atoms with E-state index in [0.717, 1.165) is 12.3 Å². The molecule has 0 atom stereocenters. The van der Waals surface area contributed by atoms with Crippen LogP contribution < -0.4 is 0 Å². The van der Waals surface area contributed by atoms with E-state index in [1.54, 1.807) is 0 Å². The number of hydrogen-bond acceptors (Lipinski definition) is 0. The van der Waals surface area contributed by atoms with Gasteiger partial charge < -0.3 is 11.6 Å². The van der Waals surface area contributed by atoms with Gasteiger partial charge in [-0.05, 0) is 0 Å². The van der Waals surface area contributed by atoms with Crippen LogP contribution in [0, 0.1) is 6.58 Å². The van der Waals surface area contributed by atoms with E-state index in [0.29, 0.717) is 0 Å². The van der Waals surface area contributed by atoms with E-state index < -0.39 is 0 Å². The maximum absolute atomic E-state index is 7.57. The van der Waals surface area contributed by atoms with Crippen molar-refractivity contribution < 1.29 is 20.1 Å². The first-order valence-electron chi connectivity index (χ1n) is 0.925. The van der Waals surface area contributed by atoms with E-state index in [-0.39, 0.29) is 20.1 Å². The molecule has 31 valence electrons. The molecule has 1 radical (unpaired) electrons. The summed E-state index contributed by atoms with van der Waals surface area (Å²) in [5, 5.41) is 7.57. The maximum atomic E-state index is 7.57. The molecule has 0 spiro atoms. The summed E-state index contributed by atoms with van der Waals surface area (Å²) in [6, 6.07) is 0. The van der Waals surface area contributed by atoms with Crippen LogP contribution in [0.5, 0.6) is 0 Å². The van der Waals surface area contributed by atoms with Crippen molar-refractivity contribution in [3.05, 3.63) is 18.1 Å². The summed E-state index contributed by atoms with van der Waals surface area (Å²) in [5.74, 6) is 0. The van der Waals surface area contributed by atoms with E-state index in [9.17, 15) is 0 Å². The van der Waals surface area contributed by atoms with Crippen molar-refractivity contribution in [3.63, 3.8) is 0 Å². The zero-order chi connectivity index (χ0) is 3.41. The summed E-state index contributed by atoms with van der Waals surface area (Å²) in [6.07, 6.45) is 1.83. The Bertz CT molecular complexity index is 27.9. The Morgan fingerprint density at radius 2 is 1.80 bits per heavy atom. The van der Waals surface area contributed by atoms with Gasteiger partial charge in [0.05, 0.1) is 0 Å². The molecule has 0 aromatic carbocycles.